The van der Waals surface area contributed by atoms with Gasteiger partial charge in [-0.05, 0) is 30.2 Å². The Morgan fingerprint density at radius 2 is 1.95 bits per heavy atom. The van der Waals surface area contributed by atoms with Gasteiger partial charge >= 0.3 is 0 Å². The van der Waals surface area contributed by atoms with Gasteiger partial charge in [0.1, 0.15) is 10.9 Å². The lowest BCUT2D eigenvalue weighted by Crippen LogP contribution is -1.86. The summed E-state index contributed by atoms with van der Waals surface area (Å²) >= 11 is 6.10. The Hall–Kier alpha value is -2.00. The molecule has 0 atom stereocenters. The van der Waals surface area contributed by atoms with Crippen molar-refractivity contribution in [3.63, 3.8) is 0 Å². The first-order valence-electron chi connectivity index (χ1n) is 6.54. The van der Waals surface area contributed by atoms with Gasteiger partial charge < -0.3 is 10.1 Å². The van der Waals surface area contributed by atoms with Crippen molar-refractivity contribution in [2.45, 2.75) is 19.8 Å². The largest absolute Gasteiger partial charge is 0.507 e. The van der Waals surface area contributed by atoms with Crippen molar-refractivity contribution in [1.29, 1.82) is 0 Å². The number of rotatable bonds is 2. The fraction of sp³-hybridized carbons (Fsp3) is 0.188. The lowest BCUT2D eigenvalue weighted by atomic mass is 10.1. The van der Waals surface area contributed by atoms with Crippen molar-refractivity contribution in [2.24, 2.45) is 0 Å². The zero-order valence-corrected chi connectivity index (χ0v) is 12.1. The van der Waals surface area contributed by atoms with E-state index in [1.165, 1.54) is 0 Å². The minimum atomic E-state index is 0.205. The summed E-state index contributed by atoms with van der Waals surface area (Å²) in [5.41, 5.74) is 3.45. The van der Waals surface area contributed by atoms with Crippen LogP contribution in [-0.4, -0.2) is 15.1 Å². The van der Waals surface area contributed by atoms with Gasteiger partial charge in [-0.1, -0.05) is 37.6 Å². The minimum absolute atomic E-state index is 0.205. The second-order valence-electron chi connectivity index (χ2n) is 5.15. The summed E-state index contributed by atoms with van der Waals surface area (Å²) in [6.07, 6.45) is 0. The highest BCUT2D eigenvalue weighted by atomic mass is 35.5. The Morgan fingerprint density at radius 1 is 1.20 bits per heavy atom. The Balaban J connectivity index is 2.32. The number of phenols is 1. The maximum Gasteiger partial charge on any atom is 0.131 e. The number of halogens is 1. The molecule has 0 aliphatic rings. The van der Waals surface area contributed by atoms with Crippen molar-refractivity contribution in [3.8, 4) is 17.0 Å². The van der Waals surface area contributed by atoms with Crippen LogP contribution in [-0.2, 0) is 0 Å². The standard InChI is InChI=1S/C16H15ClN2O/c1-9(2)12-7-11-13(18-12)8-15(17)19-16(11)10-5-3-4-6-14(10)20/h3-9,18,20H,1-2H3. The monoisotopic (exact) mass is 286 g/mol. The van der Waals surface area contributed by atoms with Gasteiger partial charge in [-0.3, -0.25) is 0 Å². The van der Waals surface area contributed by atoms with Crippen molar-refractivity contribution >= 4 is 22.5 Å². The summed E-state index contributed by atoms with van der Waals surface area (Å²) in [4.78, 5) is 7.75. The van der Waals surface area contributed by atoms with Crippen molar-refractivity contribution in [3.05, 3.63) is 47.2 Å². The van der Waals surface area contributed by atoms with Crippen LogP contribution in [0.2, 0.25) is 5.15 Å². The molecule has 2 N–H and O–H groups in total. The number of aromatic nitrogens is 2. The number of phenolic OH excluding ortho intramolecular Hbond substituents is 1. The van der Waals surface area contributed by atoms with Crippen LogP contribution in [0.25, 0.3) is 22.2 Å². The molecule has 0 unspecified atom stereocenters. The van der Waals surface area contributed by atoms with Crippen molar-refractivity contribution in [1.82, 2.24) is 9.97 Å². The zero-order chi connectivity index (χ0) is 14.3. The quantitative estimate of drug-likeness (QED) is 0.670. The van der Waals surface area contributed by atoms with Gasteiger partial charge in [0, 0.05) is 16.6 Å². The number of aromatic hydroxyl groups is 1. The Labute approximate surface area is 122 Å². The molecule has 4 heteroatoms. The third kappa shape index (κ3) is 2.14. The van der Waals surface area contributed by atoms with E-state index in [0.29, 0.717) is 22.3 Å². The molecule has 0 saturated carbocycles. The number of aromatic amines is 1. The molecule has 0 bridgehead atoms. The molecule has 0 aliphatic carbocycles. The second-order valence-corrected chi connectivity index (χ2v) is 5.54. The van der Waals surface area contributed by atoms with Crippen molar-refractivity contribution < 1.29 is 5.11 Å². The number of H-pyrrole nitrogens is 1. The number of hydrogen-bond acceptors (Lipinski definition) is 2. The average molecular weight is 287 g/mol. The highest BCUT2D eigenvalue weighted by Crippen LogP contribution is 2.35. The molecule has 2 aromatic heterocycles. The number of hydrogen-bond donors (Lipinski definition) is 2. The van der Waals surface area contributed by atoms with Gasteiger partial charge in [-0.2, -0.15) is 0 Å². The van der Waals surface area contributed by atoms with Gasteiger partial charge in [0.25, 0.3) is 0 Å². The molecule has 3 rings (SSSR count). The fourth-order valence-electron chi connectivity index (χ4n) is 2.31. The molecule has 0 aliphatic heterocycles. The van der Waals surface area contributed by atoms with Gasteiger partial charge in [0.15, 0.2) is 0 Å². The molecular weight excluding hydrogens is 272 g/mol. The molecule has 2 heterocycles. The van der Waals surface area contributed by atoms with E-state index in [1.54, 1.807) is 12.1 Å². The Morgan fingerprint density at radius 3 is 2.65 bits per heavy atom. The number of fused-ring (bicyclic) bond motifs is 1. The van der Waals surface area contributed by atoms with Crippen LogP contribution < -0.4 is 0 Å². The number of pyridine rings is 1. The van der Waals surface area contributed by atoms with E-state index >= 15 is 0 Å². The van der Waals surface area contributed by atoms with Gasteiger partial charge in [0.05, 0.1) is 11.2 Å². The van der Waals surface area contributed by atoms with Crippen molar-refractivity contribution in [2.75, 3.05) is 0 Å². The first-order valence-corrected chi connectivity index (χ1v) is 6.91. The first kappa shape index (κ1) is 13.0. The lowest BCUT2D eigenvalue weighted by molar-refractivity contribution is 0.477. The molecule has 0 fully saturated rings. The number of para-hydroxylation sites is 1. The smallest absolute Gasteiger partial charge is 0.131 e. The van der Waals surface area contributed by atoms with E-state index in [1.807, 2.05) is 18.2 Å². The highest BCUT2D eigenvalue weighted by molar-refractivity contribution is 6.30. The van der Waals surface area contributed by atoms with Gasteiger partial charge in [-0.15, -0.1) is 0 Å². The summed E-state index contributed by atoms with van der Waals surface area (Å²) in [6.45, 7) is 4.25. The average Bonchev–Trinajstić information content (AvgIpc) is 2.82. The van der Waals surface area contributed by atoms with Crippen LogP contribution in [0.1, 0.15) is 25.5 Å². The first-order chi connectivity index (χ1) is 9.56. The molecule has 0 spiro atoms. The fourth-order valence-corrected chi connectivity index (χ4v) is 2.50. The molecular formula is C16H15ClN2O. The Bertz CT molecular complexity index is 777. The van der Waals surface area contributed by atoms with Crippen LogP contribution in [0.5, 0.6) is 5.75 Å². The normalized spacial score (nSPS) is 11.4. The summed E-state index contributed by atoms with van der Waals surface area (Å²) in [5, 5.41) is 11.4. The molecule has 3 aromatic rings. The summed E-state index contributed by atoms with van der Waals surface area (Å²) in [6, 6.07) is 11.0. The van der Waals surface area contributed by atoms with E-state index in [4.69, 9.17) is 11.6 Å². The predicted molar refractivity (Wildman–Crippen MR) is 82.3 cm³/mol. The van der Waals surface area contributed by atoms with Crippen LogP contribution in [0.3, 0.4) is 0 Å². The zero-order valence-electron chi connectivity index (χ0n) is 11.3. The topological polar surface area (TPSA) is 48.9 Å². The van der Waals surface area contributed by atoms with E-state index in [0.717, 1.165) is 16.6 Å². The highest BCUT2D eigenvalue weighted by Gasteiger charge is 2.14. The molecule has 102 valence electrons. The second kappa shape index (κ2) is 4.84. The van der Waals surface area contributed by atoms with Gasteiger partial charge in [-0.25, -0.2) is 4.98 Å². The molecule has 3 nitrogen and oxygen atoms in total. The van der Waals surface area contributed by atoms with E-state index in [-0.39, 0.29) is 5.75 Å². The SMILES string of the molecule is CC(C)c1cc2c(-c3ccccc3O)nc(Cl)cc2[nH]1. The van der Waals surface area contributed by atoms with E-state index in [9.17, 15) is 5.11 Å². The van der Waals surface area contributed by atoms with Crippen LogP contribution in [0.4, 0.5) is 0 Å². The van der Waals surface area contributed by atoms with Gasteiger partial charge in [0.2, 0.25) is 0 Å². The Kier molecular flexibility index (Phi) is 3.14. The summed E-state index contributed by atoms with van der Waals surface area (Å²) in [5.74, 6) is 0.592. The number of nitrogens with one attached hydrogen (secondary N) is 1. The maximum absolute atomic E-state index is 10.0. The summed E-state index contributed by atoms with van der Waals surface area (Å²) in [7, 11) is 0. The van der Waals surface area contributed by atoms with Crippen LogP contribution in [0, 0.1) is 0 Å². The number of benzene rings is 1. The summed E-state index contributed by atoms with van der Waals surface area (Å²) < 4.78 is 0. The third-order valence-corrected chi connectivity index (χ3v) is 3.58. The lowest BCUT2D eigenvalue weighted by Gasteiger charge is -2.05. The predicted octanol–water partition coefficient (Wildman–Crippen LogP) is 4.71. The van der Waals surface area contributed by atoms with Crippen LogP contribution >= 0.6 is 11.6 Å². The molecule has 20 heavy (non-hydrogen) atoms. The van der Waals surface area contributed by atoms with E-state index in [2.05, 4.69) is 29.9 Å². The maximum atomic E-state index is 10.0. The molecule has 0 amide bonds. The van der Waals surface area contributed by atoms with Crippen LogP contribution in [0.15, 0.2) is 36.4 Å². The number of nitrogens with zero attached hydrogens (tertiary/aromatic N) is 1. The molecule has 0 saturated heterocycles. The molecule has 1 aromatic carbocycles. The third-order valence-electron chi connectivity index (χ3n) is 3.39. The minimum Gasteiger partial charge on any atom is -0.507 e. The van der Waals surface area contributed by atoms with E-state index < -0.39 is 0 Å². The molecule has 0 radical (unpaired) electrons.